The molecular formula is C14H30N2O2. The Labute approximate surface area is 112 Å². The minimum Gasteiger partial charge on any atom is -0.382 e. The standard InChI is InChI=1S/C14H30N2O2/c1-12-9-13(2)14(10-15)16(11-12)5-4-6-18-8-7-17-3/h12-14H,4-11,15H2,1-3H3. The van der Waals surface area contributed by atoms with Crippen molar-refractivity contribution in [1.29, 1.82) is 0 Å². The van der Waals surface area contributed by atoms with Crippen molar-refractivity contribution in [3.63, 3.8) is 0 Å². The summed E-state index contributed by atoms with van der Waals surface area (Å²) in [6.45, 7) is 9.93. The van der Waals surface area contributed by atoms with E-state index in [1.54, 1.807) is 7.11 Å². The molecule has 0 bridgehead atoms. The highest BCUT2D eigenvalue weighted by molar-refractivity contribution is 4.85. The number of ether oxygens (including phenoxy) is 2. The van der Waals surface area contributed by atoms with Gasteiger partial charge in [0.2, 0.25) is 0 Å². The molecule has 1 heterocycles. The molecule has 0 radical (unpaired) electrons. The smallest absolute Gasteiger partial charge is 0.0700 e. The second-order valence-electron chi connectivity index (χ2n) is 5.57. The predicted octanol–water partition coefficient (Wildman–Crippen LogP) is 1.34. The molecule has 4 nitrogen and oxygen atoms in total. The van der Waals surface area contributed by atoms with E-state index in [2.05, 4.69) is 18.7 Å². The zero-order valence-electron chi connectivity index (χ0n) is 12.2. The molecule has 1 aliphatic rings. The van der Waals surface area contributed by atoms with Gasteiger partial charge in [0, 0.05) is 39.4 Å². The van der Waals surface area contributed by atoms with Crippen LogP contribution in [0.15, 0.2) is 0 Å². The zero-order valence-corrected chi connectivity index (χ0v) is 12.2. The number of hydrogen-bond acceptors (Lipinski definition) is 4. The van der Waals surface area contributed by atoms with Crippen molar-refractivity contribution in [2.24, 2.45) is 17.6 Å². The predicted molar refractivity (Wildman–Crippen MR) is 74.7 cm³/mol. The second-order valence-corrected chi connectivity index (χ2v) is 5.57. The van der Waals surface area contributed by atoms with Gasteiger partial charge in [0.05, 0.1) is 13.2 Å². The summed E-state index contributed by atoms with van der Waals surface area (Å²) in [6, 6.07) is 0.556. The average molecular weight is 258 g/mol. The zero-order chi connectivity index (χ0) is 13.4. The number of hydrogen-bond donors (Lipinski definition) is 1. The summed E-state index contributed by atoms with van der Waals surface area (Å²) in [7, 11) is 1.70. The van der Waals surface area contributed by atoms with Crippen molar-refractivity contribution in [3.8, 4) is 0 Å². The van der Waals surface area contributed by atoms with Gasteiger partial charge in [-0.1, -0.05) is 13.8 Å². The van der Waals surface area contributed by atoms with Crippen molar-refractivity contribution in [3.05, 3.63) is 0 Å². The molecule has 0 aromatic rings. The van der Waals surface area contributed by atoms with Gasteiger partial charge in [-0.15, -0.1) is 0 Å². The van der Waals surface area contributed by atoms with Crippen LogP contribution in [0, 0.1) is 11.8 Å². The van der Waals surface area contributed by atoms with E-state index in [1.807, 2.05) is 0 Å². The topological polar surface area (TPSA) is 47.7 Å². The van der Waals surface area contributed by atoms with Crippen LogP contribution >= 0.6 is 0 Å². The third kappa shape index (κ3) is 5.22. The van der Waals surface area contributed by atoms with E-state index in [9.17, 15) is 0 Å². The fraction of sp³-hybridized carbons (Fsp3) is 1.00. The van der Waals surface area contributed by atoms with E-state index in [4.69, 9.17) is 15.2 Å². The molecule has 1 saturated heterocycles. The van der Waals surface area contributed by atoms with Crippen molar-refractivity contribution in [1.82, 2.24) is 4.90 Å². The van der Waals surface area contributed by atoms with E-state index in [0.717, 1.165) is 32.0 Å². The van der Waals surface area contributed by atoms with E-state index in [0.29, 0.717) is 25.2 Å². The molecule has 4 heteroatoms. The van der Waals surface area contributed by atoms with Gasteiger partial charge in [-0.3, -0.25) is 4.90 Å². The Balaban J connectivity index is 2.21. The second kappa shape index (κ2) is 8.86. The summed E-state index contributed by atoms with van der Waals surface area (Å²) >= 11 is 0. The van der Waals surface area contributed by atoms with Crippen LogP contribution in [0.25, 0.3) is 0 Å². The third-order valence-electron chi connectivity index (χ3n) is 3.85. The first kappa shape index (κ1) is 15.9. The number of rotatable bonds is 8. The summed E-state index contributed by atoms with van der Waals surface area (Å²) in [5, 5.41) is 0. The van der Waals surface area contributed by atoms with Gasteiger partial charge in [0.1, 0.15) is 0 Å². The molecule has 2 N–H and O–H groups in total. The van der Waals surface area contributed by atoms with Gasteiger partial charge < -0.3 is 15.2 Å². The Morgan fingerprint density at radius 2 is 2.00 bits per heavy atom. The minimum absolute atomic E-state index is 0.556. The van der Waals surface area contributed by atoms with Crippen LogP contribution in [0.4, 0.5) is 0 Å². The Morgan fingerprint density at radius 3 is 2.67 bits per heavy atom. The number of methoxy groups -OCH3 is 1. The lowest BCUT2D eigenvalue weighted by Gasteiger charge is -2.42. The van der Waals surface area contributed by atoms with Gasteiger partial charge in [0.15, 0.2) is 0 Å². The van der Waals surface area contributed by atoms with Crippen molar-refractivity contribution < 1.29 is 9.47 Å². The lowest BCUT2D eigenvalue weighted by molar-refractivity contribution is 0.0439. The van der Waals surface area contributed by atoms with Crippen molar-refractivity contribution in [2.45, 2.75) is 32.7 Å². The first-order valence-electron chi connectivity index (χ1n) is 7.19. The third-order valence-corrected chi connectivity index (χ3v) is 3.85. The fourth-order valence-electron chi connectivity index (χ4n) is 3.01. The maximum Gasteiger partial charge on any atom is 0.0700 e. The molecule has 0 amide bonds. The van der Waals surface area contributed by atoms with Crippen LogP contribution in [0.1, 0.15) is 26.7 Å². The van der Waals surface area contributed by atoms with Crippen molar-refractivity contribution >= 4 is 0 Å². The lowest BCUT2D eigenvalue weighted by Crippen LogP contribution is -2.51. The summed E-state index contributed by atoms with van der Waals surface area (Å²) in [5.41, 5.74) is 5.91. The fourth-order valence-corrected chi connectivity index (χ4v) is 3.01. The molecule has 18 heavy (non-hydrogen) atoms. The van der Waals surface area contributed by atoms with Crippen LogP contribution in [0.3, 0.4) is 0 Å². The van der Waals surface area contributed by atoms with Gasteiger partial charge in [-0.2, -0.15) is 0 Å². The molecule has 1 aliphatic heterocycles. The number of likely N-dealkylation sites (tertiary alicyclic amines) is 1. The molecule has 1 fully saturated rings. The Morgan fingerprint density at radius 1 is 1.22 bits per heavy atom. The maximum absolute atomic E-state index is 5.91. The van der Waals surface area contributed by atoms with Crippen LogP contribution < -0.4 is 5.73 Å². The Bertz CT molecular complexity index is 214. The maximum atomic E-state index is 5.91. The molecule has 0 spiro atoms. The summed E-state index contributed by atoms with van der Waals surface area (Å²) < 4.78 is 10.5. The van der Waals surface area contributed by atoms with E-state index < -0.39 is 0 Å². The molecule has 3 atom stereocenters. The quantitative estimate of drug-likeness (QED) is 0.668. The van der Waals surface area contributed by atoms with Gasteiger partial charge >= 0.3 is 0 Å². The van der Waals surface area contributed by atoms with Crippen LogP contribution in [0.5, 0.6) is 0 Å². The van der Waals surface area contributed by atoms with Crippen LogP contribution in [-0.4, -0.2) is 57.5 Å². The average Bonchev–Trinajstić information content (AvgIpc) is 2.33. The molecule has 0 aliphatic carbocycles. The van der Waals surface area contributed by atoms with Crippen LogP contribution in [-0.2, 0) is 9.47 Å². The highest BCUT2D eigenvalue weighted by Crippen LogP contribution is 2.26. The monoisotopic (exact) mass is 258 g/mol. The Kier molecular flexibility index (Phi) is 7.82. The normalized spacial score (nSPS) is 29.7. The highest BCUT2D eigenvalue weighted by Gasteiger charge is 2.30. The Hall–Kier alpha value is -0.160. The first-order valence-corrected chi connectivity index (χ1v) is 7.19. The summed E-state index contributed by atoms with van der Waals surface area (Å²) in [5.74, 6) is 1.50. The molecule has 3 unspecified atom stereocenters. The summed E-state index contributed by atoms with van der Waals surface area (Å²) in [6.07, 6.45) is 2.39. The largest absolute Gasteiger partial charge is 0.382 e. The van der Waals surface area contributed by atoms with Crippen LogP contribution in [0.2, 0.25) is 0 Å². The van der Waals surface area contributed by atoms with E-state index in [-0.39, 0.29) is 0 Å². The molecule has 108 valence electrons. The molecule has 1 rings (SSSR count). The molecule has 0 saturated carbocycles. The van der Waals surface area contributed by atoms with Crippen molar-refractivity contribution in [2.75, 3.05) is 46.6 Å². The van der Waals surface area contributed by atoms with Gasteiger partial charge in [0.25, 0.3) is 0 Å². The number of nitrogens with two attached hydrogens (primary N) is 1. The lowest BCUT2D eigenvalue weighted by atomic mass is 9.85. The van der Waals surface area contributed by atoms with Gasteiger partial charge in [-0.25, -0.2) is 0 Å². The van der Waals surface area contributed by atoms with E-state index >= 15 is 0 Å². The SMILES string of the molecule is COCCOCCCN1CC(C)CC(C)C1CN. The van der Waals surface area contributed by atoms with Gasteiger partial charge in [-0.05, 0) is 24.7 Å². The highest BCUT2D eigenvalue weighted by atomic mass is 16.5. The first-order chi connectivity index (χ1) is 8.69. The number of nitrogens with zero attached hydrogens (tertiary/aromatic N) is 1. The minimum atomic E-state index is 0.556. The number of piperidine rings is 1. The molecule has 0 aromatic carbocycles. The molecule has 0 aromatic heterocycles. The van der Waals surface area contributed by atoms with E-state index in [1.165, 1.54) is 13.0 Å². The molecular weight excluding hydrogens is 228 g/mol. The summed E-state index contributed by atoms with van der Waals surface area (Å²) in [4.78, 5) is 2.55.